The summed E-state index contributed by atoms with van der Waals surface area (Å²) in [6.45, 7) is 15.1. The second kappa shape index (κ2) is 20.8. The van der Waals surface area contributed by atoms with Crippen LogP contribution in [-0.4, -0.2) is 12.5 Å². The molecule has 45 heavy (non-hydrogen) atoms. The Bertz CT molecular complexity index is 1270. The van der Waals surface area contributed by atoms with E-state index >= 15 is 0 Å². The first kappa shape index (κ1) is 39.0. The maximum Gasteiger partial charge on any atom is 0.227 e. The maximum atomic E-state index is 13.2. The molecule has 0 spiro atoms. The van der Waals surface area contributed by atoms with Gasteiger partial charge < -0.3 is 26.6 Å². The molecule has 0 saturated heterocycles. The van der Waals surface area contributed by atoms with E-state index in [1.165, 1.54) is 86.6 Å². The van der Waals surface area contributed by atoms with E-state index in [1.54, 1.807) is 11.3 Å². The predicted molar refractivity (Wildman–Crippen MR) is 188 cm³/mol. The lowest BCUT2D eigenvalue weighted by Crippen LogP contribution is -3.00. The Balaban J connectivity index is 0.00000705. The van der Waals surface area contributed by atoms with Gasteiger partial charge in [-0.25, -0.2) is 0 Å². The molecule has 0 aliphatic carbocycles. The highest BCUT2D eigenvalue weighted by molar-refractivity contribution is 7.09. The molecular weight excluding hydrogens is 640 g/mol. The number of anilines is 1. The molecule has 0 radical (unpaired) electrons. The van der Waals surface area contributed by atoms with E-state index in [4.69, 9.17) is 4.74 Å². The minimum atomic E-state index is -0.0185. The lowest BCUT2D eigenvalue weighted by Gasteiger charge is -2.26. The Morgan fingerprint density at radius 3 is 2.07 bits per heavy atom. The highest BCUT2D eigenvalue weighted by Crippen LogP contribution is 2.33. The molecule has 3 aromatic rings. The Hall–Kier alpha value is -2.18. The Morgan fingerprint density at radius 2 is 1.49 bits per heavy atom. The van der Waals surface area contributed by atoms with Crippen LogP contribution in [-0.2, 0) is 23.3 Å². The molecule has 0 aliphatic heterocycles. The normalized spacial score (nSPS) is 11.3. The number of halogens is 1. The van der Waals surface area contributed by atoms with Crippen molar-refractivity contribution in [2.24, 2.45) is 0 Å². The SMILES string of the molecule is CCCCCCCCCCCCCCOc1cc(CN(C(=O)CC)c2cccc(C[n+]3csc(C)c3)c2)ccc1C(C)(C)C.[Br-]. The summed E-state index contributed by atoms with van der Waals surface area (Å²) in [4.78, 5) is 16.4. The average molecular weight is 700 g/mol. The molecule has 1 heterocycles. The van der Waals surface area contributed by atoms with E-state index < -0.39 is 0 Å². The molecular formula is C39H59BrN2O2S. The summed E-state index contributed by atoms with van der Waals surface area (Å²) >= 11 is 1.75. The van der Waals surface area contributed by atoms with Crippen molar-refractivity contribution in [1.29, 1.82) is 0 Å². The van der Waals surface area contributed by atoms with E-state index in [0.717, 1.165) is 36.6 Å². The summed E-state index contributed by atoms with van der Waals surface area (Å²) in [7, 11) is 0. The van der Waals surface area contributed by atoms with Crippen LogP contribution in [0, 0.1) is 6.92 Å². The highest BCUT2D eigenvalue weighted by Gasteiger charge is 2.21. The summed E-state index contributed by atoms with van der Waals surface area (Å²) in [5.74, 6) is 1.08. The molecule has 250 valence electrons. The number of thiazole rings is 1. The van der Waals surface area contributed by atoms with Gasteiger partial charge in [0.05, 0.1) is 18.0 Å². The van der Waals surface area contributed by atoms with Crippen molar-refractivity contribution in [3.63, 3.8) is 0 Å². The summed E-state index contributed by atoms with van der Waals surface area (Å²) in [5.41, 5.74) is 6.58. The second-order valence-electron chi connectivity index (χ2n) is 13.5. The van der Waals surface area contributed by atoms with Crippen LogP contribution in [0.3, 0.4) is 0 Å². The summed E-state index contributed by atoms with van der Waals surface area (Å²) in [5, 5.41) is 0. The first-order valence-electron chi connectivity index (χ1n) is 17.3. The first-order chi connectivity index (χ1) is 21.2. The van der Waals surface area contributed by atoms with E-state index in [1.807, 2.05) is 11.8 Å². The van der Waals surface area contributed by atoms with Gasteiger partial charge in [0.15, 0.2) is 12.7 Å². The quantitative estimate of drug-likeness (QED) is 0.0895. The third kappa shape index (κ3) is 14.0. The van der Waals surface area contributed by atoms with Gasteiger partial charge in [-0.05, 0) is 48.1 Å². The smallest absolute Gasteiger partial charge is 0.227 e. The fourth-order valence-electron chi connectivity index (χ4n) is 5.79. The van der Waals surface area contributed by atoms with Crippen LogP contribution in [0.5, 0.6) is 5.75 Å². The zero-order valence-electron chi connectivity index (χ0n) is 29.0. The average Bonchev–Trinajstić information content (AvgIpc) is 3.41. The predicted octanol–water partition coefficient (Wildman–Crippen LogP) is 7.72. The molecule has 0 unspecified atom stereocenters. The minimum absolute atomic E-state index is 0. The number of aryl methyl sites for hydroxylation is 1. The number of hydrogen-bond donors (Lipinski definition) is 0. The molecule has 0 atom stereocenters. The number of nitrogens with zero attached hydrogens (tertiary/aromatic N) is 2. The van der Waals surface area contributed by atoms with E-state index in [-0.39, 0.29) is 28.3 Å². The van der Waals surface area contributed by atoms with Crippen LogP contribution in [0.1, 0.15) is 140 Å². The molecule has 0 bridgehead atoms. The Kier molecular flexibility index (Phi) is 18.1. The van der Waals surface area contributed by atoms with Gasteiger partial charge in [-0.1, -0.05) is 141 Å². The number of amides is 1. The third-order valence-corrected chi connectivity index (χ3v) is 9.22. The minimum Gasteiger partial charge on any atom is -1.00 e. The topological polar surface area (TPSA) is 33.4 Å². The molecule has 1 amide bonds. The second-order valence-corrected chi connectivity index (χ2v) is 14.5. The third-order valence-electron chi connectivity index (χ3n) is 8.36. The van der Waals surface area contributed by atoms with Crippen LogP contribution in [0.4, 0.5) is 5.69 Å². The number of carbonyl (C=O) groups excluding carboxylic acids is 1. The van der Waals surface area contributed by atoms with E-state index in [2.05, 4.69) is 93.4 Å². The lowest BCUT2D eigenvalue weighted by molar-refractivity contribution is -0.683. The van der Waals surface area contributed by atoms with Crippen molar-refractivity contribution < 1.29 is 31.1 Å². The number of carbonyl (C=O) groups is 1. The number of unbranched alkanes of at least 4 members (excludes halogenated alkanes) is 11. The first-order valence-corrected chi connectivity index (χ1v) is 18.2. The van der Waals surface area contributed by atoms with Crippen LogP contribution in [0.2, 0.25) is 0 Å². The van der Waals surface area contributed by atoms with Crippen molar-refractivity contribution in [3.8, 4) is 5.75 Å². The van der Waals surface area contributed by atoms with Gasteiger partial charge in [0, 0.05) is 17.7 Å². The zero-order valence-corrected chi connectivity index (χ0v) is 31.4. The lowest BCUT2D eigenvalue weighted by atomic mass is 9.85. The van der Waals surface area contributed by atoms with Crippen molar-refractivity contribution >= 4 is 22.9 Å². The molecule has 0 N–H and O–H groups in total. The molecule has 0 aliphatic rings. The van der Waals surface area contributed by atoms with Gasteiger partial charge in [-0.15, -0.1) is 0 Å². The van der Waals surface area contributed by atoms with Gasteiger partial charge in [-0.3, -0.25) is 4.79 Å². The molecule has 6 heteroatoms. The molecule has 3 rings (SSSR count). The highest BCUT2D eigenvalue weighted by atomic mass is 79.9. The maximum absolute atomic E-state index is 13.2. The van der Waals surface area contributed by atoms with Gasteiger partial charge >= 0.3 is 0 Å². The van der Waals surface area contributed by atoms with Gasteiger partial charge in [-0.2, -0.15) is 4.57 Å². The Morgan fingerprint density at radius 1 is 0.844 bits per heavy atom. The van der Waals surface area contributed by atoms with Crippen LogP contribution >= 0.6 is 11.3 Å². The van der Waals surface area contributed by atoms with Crippen molar-refractivity contribution in [3.05, 3.63) is 75.7 Å². The summed E-state index contributed by atoms with van der Waals surface area (Å²) in [6, 6.07) is 14.9. The summed E-state index contributed by atoms with van der Waals surface area (Å²) < 4.78 is 8.66. The molecule has 0 fully saturated rings. The Labute approximate surface area is 289 Å². The number of benzene rings is 2. The standard InChI is InChI=1S/C39H59N2O2S.BrH/c1-7-9-10-11-12-13-14-15-16-17-18-19-25-43-37-27-34(23-24-36(37)39(4,5)6)30-41(38(42)8-2)35-22-20-21-33(26-35)29-40-28-32(3)44-31-40;/h20-24,26-28,31H,7-19,25,29-30H2,1-6H3;1H/q+1;/p-1. The van der Waals surface area contributed by atoms with Gasteiger partial charge in [0.2, 0.25) is 11.4 Å². The van der Waals surface area contributed by atoms with Crippen LogP contribution in [0.25, 0.3) is 0 Å². The fraction of sp³-hybridized carbons (Fsp3) is 0.590. The monoisotopic (exact) mass is 698 g/mol. The molecule has 0 saturated carbocycles. The number of aromatic nitrogens is 1. The van der Waals surface area contributed by atoms with Gasteiger partial charge in [0.25, 0.3) is 0 Å². The van der Waals surface area contributed by atoms with Crippen molar-refractivity contribution in [1.82, 2.24) is 0 Å². The number of ether oxygens (including phenoxy) is 1. The fourth-order valence-corrected chi connectivity index (χ4v) is 6.42. The molecule has 4 nitrogen and oxygen atoms in total. The largest absolute Gasteiger partial charge is 1.00 e. The molecule has 1 aromatic heterocycles. The van der Waals surface area contributed by atoms with Crippen molar-refractivity contribution in [2.75, 3.05) is 11.5 Å². The summed E-state index contributed by atoms with van der Waals surface area (Å²) in [6.07, 6.45) is 18.7. The van der Waals surface area contributed by atoms with Crippen LogP contribution in [0.15, 0.2) is 54.2 Å². The number of rotatable bonds is 20. The van der Waals surface area contributed by atoms with Gasteiger partial charge in [0.1, 0.15) is 5.75 Å². The van der Waals surface area contributed by atoms with E-state index in [0.29, 0.717) is 13.0 Å². The number of hydrogen-bond acceptors (Lipinski definition) is 3. The zero-order chi connectivity index (χ0) is 31.8. The van der Waals surface area contributed by atoms with Crippen LogP contribution < -0.4 is 31.2 Å². The molecule has 2 aromatic carbocycles. The van der Waals surface area contributed by atoms with Crippen molar-refractivity contribution in [2.45, 2.75) is 144 Å². The van der Waals surface area contributed by atoms with E-state index in [9.17, 15) is 4.79 Å².